The highest BCUT2D eigenvalue weighted by Crippen LogP contribution is 2.51. The fraction of sp³-hybridized carbons (Fsp3) is 0.0545. The standard InChI is InChI=1S/C55H37NO2/c1-55(2)47-20-10-8-16-40(47)41-29-27-38(32-48(41)55)56(36-25-23-35(24-26-36)34-13-4-3-5-14-34)37-28-30-50-46(31-37)54-42-17-7-6-15-39(42)45(33-52(54)58-50)43-19-12-22-51-53(43)44-18-9-11-21-49(44)57-51/h3-33H,1-2H3. The van der Waals surface area contributed by atoms with E-state index in [-0.39, 0.29) is 5.41 Å². The minimum Gasteiger partial charge on any atom is -0.456 e. The number of hydrogen-bond acceptors (Lipinski definition) is 3. The molecule has 0 bridgehead atoms. The average Bonchev–Trinajstić information content (AvgIpc) is 3.91. The first-order valence-electron chi connectivity index (χ1n) is 20.0. The Kier molecular flexibility index (Phi) is 6.98. The van der Waals surface area contributed by atoms with E-state index in [9.17, 15) is 0 Å². The van der Waals surface area contributed by atoms with Crippen molar-refractivity contribution in [3.63, 3.8) is 0 Å². The first kappa shape index (κ1) is 32.8. The first-order valence-corrected chi connectivity index (χ1v) is 20.0. The summed E-state index contributed by atoms with van der Waals surface area (Å²) < 4.78 is 13.1. The van der Waals surface area contributed by atoms with E-state index in [2.05, 4.69) is 195 Å². The van der Waals surface area contributed by atoms with Crippen LogP contribution in [0.2, 0.25) is 0 Å². The molecular formula is C55H37NO2. The summed E-state index contributed by atoms with van der Waals surface area (Å²) in [5, 5.41) is 6.77. The number of rotatable bonds is 5. The molecule has 0 amide bonds. The lowest BCUT2D eigenvalue weighted by atomic mass is 9.82. The zero-order valence-corrected chi connectivity index (χ0v) is 32.2. The van der Waals surface area contributed by atoms with Crippen molar-refractivity contribution in [3.8, 4) is 33.4 Å². The van der Waals surface area contributed by atoms with Crippen molar-refractivity contribution in [1.29, 1.82) is 0 Å². The van der Waals surface area contributed by atoms with E-state index in [0.717, 1.165) is 77.5 Å². The number of anilines is 3. The Morgan fingerprint density at radius 1 is 0.345 bits per heavy atom. The van der Waals surface area contributed by atoms with Crippen LogP contribution in [0.25, 0.3) is 88.0 Å². The van der Waals surface area contributed by atoms with Crippen molar-refractivity contribution in [2.24, 2.45) is 0 Å². The maximum absolute atomic E-state index is 6.80. The molecule has 3 heteroatoms. The Balaban J connectivity index is 1.06. The molecule has 0 saturated carbocycles. The minimum absolute atomic E-state index is 0.126. The van der Waals surface area contributed by atoms with Crippen molar-refractivity contribution in [3.05, 3.63) is 199 Å². The Morgan fingerprint density at radius 2 is 0.948 bits per heavy atom. The molecule has 0 atom stereocenters. The number of benzene rings is 9. The summed E-state index contributed by atoms with van der Waals surface area (Å²) in [5.41, 5.74) is 16.6. The molecule has 0 unspecified atom stereocenters. The largest absolute Gasteiger partial charge is 0.456 e. The molecule has 0 fully saturated rings. The molecule has 0 spiro atoms. The Morgan fingerprint density at radius 3 is 1.81 bits per heavy atom. The molecule has 1 aliphatic carbocycles. The predicted molar refractivity (Wildman–Crippen MR) is 242 cm³/mol. The summed E-state index contributed by atoms with van der Waals surface area (Å²) in [5.74, 6) is 0. The van der Waals surface area contributed by atoms with Crippen LogP contribution in [0.1, 0.15) is 25.0 Å². The average molecular weight is 744 g/mol. The molecule has 58 heavy (non-hydrogen) atoms. The van der Waals surface area contributed by atoms with Crippen LogP contribution in [0, 0.1) is 0 Å². The van der Waals surface area contributed by atoms with Crippen molar-refractivity contribution in [2.75, 3.05) is 4.90 Å². The first-order chi connectivity index (χ1) is 28.5. The maximum atomic E-state index is 6.80. The van der Waals surface area contributed by atoms with Gasteiger partial charge in [0.2, 0.25) is 0 Å². The Bertz CT molecular complexity index is 3420. The summed E-state index contributed by atoms with van der Waals surface area (Å²) in [6, 6.07) is 67.6. The SMILES string of the molecule is CC1(C)c2ccccc2-c2ccc(N(c3ccc(-c4ccccc4)cc3)c3ccc4oc5cc(-c6cccc7oc8ccccc8c67)c6ccccc6c5c4c3)cc21. The van der Waals surface area contributed by atoms with Crippen LogP contribution >= 0.6 is 0 Å². The van der Waals surface area contributed by atoms with Crippen LogP contribution in [-0.2, 0) is 5.41 Å². The fourth-order valence-corrected chi connectivity index (χ4v) is 9.70. The van der Waals surface area contributed by atoms with Gasteiger partial charge in [0, 0.05) is 44.0 Å². The molecule has 274 valence electrons. The van der Waals surface area contributed by atoms with Gasteiger partial charge < -0.3 is 13.7 Å². The van der Waals surface area contributed by atoms with Gasteiger partial charge in [0.15, 0.2) is 0 Å². The van der Waals surface area contributed by atoms with E-state index in [1.165, 1.54) is 38.8 Å². The highest BCUT2D eigenvalue weighted by Gasteiger charge is 2.35. The lowest BCUT2D eigenvalue weighted by molar-refractivity contribution is 0.660. The molecule has 3 nitrogen and oxygen atoms in total. The Labute approximate surface area is 336 Å². The van der Waals surface area contributed by atoms with Gasteiger partial charge in [-0.3, -0.25) is 0 Å². The van der Waals surface area contributed by atoms with E-state index < -0.39 is 0 Å². The van der Waals surface area contributed by atoms with Gasteiger partial charge in [0.25, 0.3) is 0 Å². The summed E-state index contributed by atoms with van der Waals surface area (Å²) >= 11 is 0. The van der Waals surface area contributed by atoms with E-state index in [4.69, 9.17) is 8.83 Å². The minimum atomic E-state index is -0.126. The summed E-state index contributed by atoms with van der Waals surface area (Å²) in [6.45, 7) is 4.69. The third-order valence-electron chi connectivity index (χ3n) is 12.5. The number of nitrogens with zero attached hydrogens (tertiary/aromatic N) is 1. The van der Waals surface area contributed by atoms with Gasteiger partial charge in [0.1, 0.15) is 22.3 Å². The van der Waals surface area contributed by atoms with Crippen LogP contribution in [0.3, 0.4) is 0 Å². The molecule has 0 aliphatic heterocycles. The van der Waals surface area contributed by atoms with Crippen LogP contribution in [-0.4, -0.2) is 0 Å². The lowest BCUT2D eigenvalue weighted by Gasteiger charge is -2.28. The summed E-state index contributed by atoms with van der Waals surface area (Å²) in [7, 11) is 0. The second-order valence-corrected chi connectivity index (χ2v) is 16.1. The van der Waals surface area contributed by atoms with Gasteiger partial charge in [-0.25, -0.2) is 0 Å². The van der Waals surface area contributed by atoms with Gasteiger partial charge in [-0.1, -0.05) is 141 Å². The zero-order chi connectivity index (χ0) is 38.5. The van der Waals surface area contributed by atoms with E-state index in [1.54, 1.807) is 0 Å². The highest BCUT2D eigenvalue weighted by atomic mass is 16.3. The molecule has 0 N–H and O–H groups in total. The van der Waals surface area contributed by atoms with Crippen molar-refractivity contribution >= 4 is 71.7 Å². The monoisotopic (exact) mass is 743 g/mol. The molecular weight excluding hydrogens is 707 g/mol. The number of furan rings is 2. The predicted octanol–water partition coefficient (Wildman–Crippen LogP) is 15.7. The lowest BCUT2D eigenvalue weighted by Crippen LogP contribution is -2.16. The van der Waals surface area contributed by atoms with Crippen LogP contribution in [0.5, 0.6) is 0 Å². The summed E-state index contributed by atoms with van der Waals surface area (Å²) in [6.07, 6.45) is 0. The quantitative estimate of drug-likeness (QED) is 0.176. The normalized spacial score (nSPS) is 13.1. The highest BCUT2D eigenvalue weighted by molar-refractivity contribution is 6.24. The van der Waals surface area contributed by atoms with E-state index in [0.29, 0.717) is 0 Å². The zero-order valence-electron chi connectivity index (χ0n) is 32.2. The number of fused-ring (bicyclic) bond motifs is 11. The van der Waals surface area contributed by atoms with E-state index >= 15 is 0 Å². The van der Waals surface area contributed by atoms with Gasteiger partial charge >= 0.3 is 0 Å². The smallest absolute Gasteiger partial charge is 0.136 e. The van der Waals surface area contributed by atoms with Crippen molar-refractivity contribution < 1.29 is 8.83 Å². The van der Waals surface area contributed by atoms with Crippen LogP contribution in [0.15, 0.2) is 197 Å². The second kappa shape index (κ2) is 12.3. The van der Waals surface area contributed by atoms with Crippen molar-refractivity contribution in [1.82, 2.24) is 0 Å². The molecule has 2 aromatic heterocycles. The van der Waals surface area contributed by atoms with Crippen molar-refractivity contribution in [2.45, 2.75) is 19.3 Å². The summed E-state index contributed by atoms with van der Waals surface area (Å²) in [4.78, 5) is 2.40. The van der Waals surface area contributed by atoms with Gasteiger partial charge in [-0.2, -0.15) is 0 Å². The molecule has 1 aliphatic rings. The topological polar surface area (TPSA) is 29.5 Å². The maximum Gasteiger partial charge on any atom is 0.136 e. The third kappa shape index (κ3) is 4.80. The molecule has 0 radical (unpaired) electrons. The Hall–Kier alpha value is -7.36. The third-order valence-corrected chi connectivity index (χ3v) is 12.5. The fourth-order valence-electron chi connectivity index (χ4n) is 9.70. The molecule has 0 saturated heterocycles. The van der Waals surface area contributed by atoms with Gasteiger partial charge in [-0.05, 0) is 116 Å². The van der Waals surface area contributed by atoms with Gasteiger partial charge in [0.05, 0.1) is 0 Å². The van der Waals surface area contributed by atoms with Crippen LogP contribution in [0.4, 0.5) is 17.1 Å². The molecule has 9 aromatic carbocycles. The van der Waals surface area contributed by atoms with Gasteiger partial charge in [-0.15, -0.1) is 0 Å². The molecule has 2 heterocycles. The molecule has 11 aromatic rings. The molecule has 12 rings (SSSR count). The van der Waals surface area contributed by atoms with E-state index in [1.807, 2.05) is 12.1 Å². The number of hydrogen-bond donors (Lipinski definition) is 0. The number of para-hydroxylation sites is 1. The second-order valence-electron chi connectivity index (χ2n) is 16.1. The van der Waals surface area contributed by atoms with Crippen LogP contribution < -0.4 is 4.90 Å².